The van der Waals surface area contributed by atoms with E-state index in [1.54, 1.807) is 17.3 Å². The summed E-state index contributed by atoms with van der Waals surface area (Å²) in [6, 6.07) is 11.9. The van der Waals surface area contributed by atoms with Crippen LogP contribution in [0.25, 0.3) is 0 Å². The fourth-order valence-electron chi connectivity index (χ4n) is 2.62. The maximum atomic E-state index is 12.5. The lowest BCUT2D eigenvalue weighted by molar-refractivity contribution is -0.132. The van der Waals surface area contributed by atoms with Gasteiger partial charge in [-0.05, 0) is 48.7 Å². The first-order valence-electron chi connectivity index (χ1n) is 8.33. The fourth-order valence-corrected chi connectivity index (χ4v) is 2.62. The molecule has 1 amide bonds. The number of nitrogens with zero attached hydrogens (tertiary/aromatic N) is 3. The number of carbonyl (C=O) groups is 1. The van der Waals surface area contributed by atoms with E-state index >= 15 is 0 Å². The smallest absolute Gasteiger partial charge is 0.226 e. The van der Waals surface area contributed by atoms with Gasteiger partial charge >= 0.3 is 0 Å². The summed E-state index contributed by atoms with van der Waals surface area (Å²) >= 11 is 0. The van der Waals surface area contributed by atoms with Crippen LogP contribution in [0.1, 0.15) is 29.5 Å². The van der Waals surface area contributed by atoms with Crippen molar-refractivity contribution in [3.63, 3.8) is 0 Å². The number of aryl methyl sites for hydroxylation is 2. The Morgan fingerprint density at radius 3 is 2.68 bits per heavy atom. The molecule has 5 nitrogen and oxygen atoms in total. The van der Waals surface area contributed by atoms with Crippen LogP contribution in [0.15, 0.2) is 42.7 Å². The maximum Gasteiger partial charge on any atom is 0.226 e. The lowest BCUT2D eigenvalue weighted by Crippen LogP contribution is -2.32. The molecular weight excluding hydrogens is 314 g/mol. The van der Waals surface area contributed by atoms with Crippen molar-refractivity contribution in [2.45, 2.75) is 33.2 Å². The van der Waals surface area contributed by atoms with Gasteiger partial charge in [0.2, 0.25) is 5.91 Å². The number of hydrogen-bond acceptors (Lipinski definition) is 4. The van der Waals surface area contributed by atoms with Crippen LogP contribution in [-0.4, -0.2) is 28.9 Å². The average molecular weight is 337 g/mol. The van der Waals surface area contributed by atoms with Crippen molar-refractivity contribution < 1.29 is 9.53 Å². The lowest BCUT2D eigenvalue weighted by Gasteiger charge is -2.21. The Morgan fingerprint density at radius 2 is 2.04 bits per heavy atom. The molecule has 5 heteroatoms. The van der Waals surface area contributed by atoms with E-state index in [1.807, 2.05) is 38.1 Å². The second-order valence-corrected chi connectivity index (χ2v) is 6.01. The molecule has 0 saturated heterocycles. The van der Waals surface area contributed by atoms with Crippen molar-refractivity contribution in [2.75, 3.05) is 13.2 Å². The van der Waals surface area contributed by atoms with E-state index in [1.165, 1.54) is 0 Å². The summed E-state index contributed by atoms with van der Waals surface area (Å²) in [5.41, 5.74) is 3.21. The van der Waals surface area contributed by atoms with Crippen LogP contribution in [-0.2, 0) is 11.3 Å². The van der Waals surface area contributed by atoms with E-state index in [0.717, 1.165) is 22.4 Å². The van der Waals surface area contributed by atoms with Gasteiger partial charge in [0.25, 0.3) is 0 Å². The van der Waals surface area contributed by atoms with Crippen molar-refractivity contribution in [1.29, 1.82) is 5.26 Å². The minimum absolute atomic E-state index is 0.0246. The highest BCUT2D eigenvalue weighted by Gasteiger charge is 2.14. The number of rotatable bonds is 8. The highest BCUT2D eigenvalue weighted by atomic mass is 16.5. The third kappa shape index (κ3) is 6.27. The van der Waals surface area contributed by atoms with Gasteiger partial charge in [-0.15, -0.1) is 0 Å². The molecule has 0 saturated carbocycles. The summed E-state index contributed by atoms with van der Waals surface area (Å²) in [7, 11) is 0. The van der Waals surface area contributed by atoms with Crippen LogP contribution in [0.4, 0.5) is 0 Å². The summed E-state index contributed by atoms with van der Waals surface area (Å²) < 4.78 is 5.72. The average Bonchev–Trinajstić information content (AvgIpc) is 2.58. The zero-order valence-electron chi connectivity index (χ0n) is 14.7. The summed E-state index contributed by atoms with van der Waals surface area (Å²) in [5, 5.41) is 8.81. The number of ether oxygens (including phenoxy) is 1. The number of carbonyl (C=O) groups excluding carboxylic acids is 1. The first-order chi connectivity index (χ1) is 12.1. The molecule has 1 aromatic carbocycles. The highest BCUT2D eigenvalue weighted by molar-refractivity contribution is 5.76. The molecule has 2 rings (SSSR count). The minimum Gasteiger partial charge on any atom is -0.493 e. The zero-order valence-corrected chi connectivity index (χ0v) is 14.7. The third-order valence-electron chi connectivity index (χ3n) is 3.72. The van der Waals surface area contributed by atoms with Crippen molar-refractivity contribution in [3.8, 4) is 11.8 Å². The van der Waals surface area contributed by atoms with Crippen LogP contribution in [0.2, 0.25) is 0 Å². The van der Waals surface area contributed by atoms with Crippen LogP contribution in [0.5, 0.6) is 5.75 Å². The van der Waals surface area contributed by atoms with Crippen LogP contribution >= 0.6 is 0 Å². The van der Waals surface area contributed by atoms with Crippen molar-refractivity contribution in [2.24, 2.45) is 0 Å². The van der Waals surface area contributed by atoms with Gasteiger partial charge in [0.1, 0.15) is 5.75 Å². The molecule has 0 N–H and O–H groups in total. The standard InChI is InChI=1S/C20H23N3O2/c1-16-11-17(2)13-19(12-16)25-10-6-20(24)23(9-4-7-21)15-18-5-3-8-22-14-18/h3,5,8,11-14H,4,6,9-10,15H2,1-2H3. The highest BCUT2D eigenvalue weighted by Crippen LogP contribution is 2.16. The second-order valence-electron chi connectivity index (χ2n) is 6.01. The predicted molar refractivity (Wildman–Crippen MR) is 95.9 cm³/mol. The Labute approximate surface area is 148 Å². The number of benzene rings is 1. The molecule has 0 radical (unpaired) electrons. The van der Waals surface area contributed by atoms with Crippen molar-refractivity contribution in [3.05, 3.63) is 59.4 Å². The Kier molecular flexibility index (Phi) is 6.97. The summed E-state index contributed by atoms with van der Waals surface area (Å²) in [6.45, 7) is 5.22. The number of pyridine rings is 1. The van der Waals surface area contributed by atoms with Gasteiger partial charge < -0.3 is 9.64 Å². The molecule has 1 aromatic heterocycles. The van der Waals surface area contributed by atoms with E-state index in [4.69, 9.17) is 10.00 Å². The number of aromatic nitrogens is 1. The van der Waals surface area contributed by atoms with E-state index in [-0.39, 0.29) is 12.3 Å². The molecule has 0 bridgehead atoms. The van der Waals surface area contributed by atoms with E-state index < -0.39 is 0 Å². The summed E-state index contributed by atoms with van der Waals surface area (Å²) in [6.07, 6.45) is 4.02. The van der Waals surface area contributed by atoms with Crippen LogP contribution in [0, 0.1) is 25.2 Å². The molecule has 25 heavy (non-hydrogen) atoms. The van der Waals surface area contributed by atoms with Crippen LogP contribution in [0.3, 0.4) is 0 Å². The molecule has 0 aliphatic rings. The van der Waals surface area contributed by atoms with Gasteiger partial charge in [0.05, 0.1) is 25.5 Å². The monoisotopic (exact) mass is 337 g/mol. The number of hydrogen-bond donors (Lipinski definition) is 0. The van der Waals surface area contributed by atoms with E-state index in [0.29, 0.717) is 26.1 Å². The molecule has 0 aliphatic heterocycles. The topological polar surface area (TPSA) is 66.2 Å². The fraction of sp³-hybridized carbons (Fsp3) is 0.350. The van der Waals surface area contributed by atoms with Crippen molar-refractivity contribution >= 4 is 5.91 Å². The number of amides is 1. The normalized spacial score (nSPS) is 10.1. The molecule has 2 aromatic rings. The Balaban J connectivity index is 1.91. The largest absolute Gasteiger partial charge is 0.493 e. The van der Waals surface area contributed by atoms with E-state index in [9.17, 15) is 4.79 Å². The predicted octanol–water partition coefficient (Wildman–Crippen LogP) is 3.41. The number of nitriles is 1. The summed E-state index contributed by atoms with van der Waals surface area (Å²) in [4.78, 5) is 18.2. The molecule has 0 spiro atoms. The molecule has 0 fully saturated rings. The van der Waals surface area contributed by atoms with Crippen molar-refractivity contribution in [1.82, 2.24) is 9.88 Å². The molecular formula is C20H23N3O2. The Morgan fingerprint density at radius 1 is 1.28 bits per heavy atom. The van der Waals surface area contributed by atoms with Gasteiger partial charge in [0.15, 0.2) is 0 Å². The molecule has 130 valence electrons. The van der Waals surface area contributed by atoms with Gasteiger partial charge in [-0.1, -0.05) is 12.1 Å². The Bertz CT molecular complexity index is 718. The van der Waals surface area contributed by atoms with Gasteiger partial charge in [-0.2, -0.15) is 5.26 Å². The molecule has 0 aliphatic carbocycles. The third-order valence-corrected chi connectivity index (χ3v) is 3.72. The van der Waals surface area contributed by atoms with Gasteiger partial charge in [-0.3, -0.25) is 9.78 Å². The molecule has 1 heterocycles. The molecule has 0 atom stereocenters. The summed E-state index contributed by atoms with van der Waals surface area (Å²) in [5.74, 6) is 0.754. The lowest BCUT2D eigenvalue weighted by atomic mass is 10.1. The van der Waals surface area contributed by atoms with E-state index in [2.05, 4.69) is 17.1 Å². The zero-order chi connectivity index (χ0) is 18.1. The molecule has 0 unspecified atom stereocenters. The Hall–Kier alpha value is -2.87. The first-order valence-corrected chi connectivity index (χ1v) is 8.33. The quantitative estimate of drug-likeness (QED) is 0.740. The first kappa shape index (κ1) is 18.5. The van der Waals surface area contributed by atoms with Gasteiger partial charge in [-0.25, -0.2) is 0 Å². The van der Waals surface area contributed by atoms with Gasteiger partial charge in [0, 0.05) is 25.5 Å². The second kappa shape index (κ2) is 9.43. The van der Waals surface area contributed by atoms with Crippen LogP contribution < -0.4 is 4.74 Å². The maximum absolute atomic E-state index is 12.5. The SMILES string of the molecule is Cc1cc(C)cc(OCCC(=O)N(CCC#N)Cc2cccnc2)c1. The minimum atomic E-state index is -0.0246.